The number of carbonyl (C=O) groups is 1. The summed E-state index contributed by atoms with van der Waals surface area (Å²) in [5, 5.41) is 2.74. The molecule has 2 aromatic carbocycles. The third-order valence-electron chi connectivity index (χ3n) is 4.90. The lowest BCUT2D eigenvalue weighted by Gasteiger charge is -2.18. The van der Waals surface area contributed by atoms with Crippen LogP contribution < -0.4 is 10.2 Å². The molecule has 28 heavy (non-hydrogen) atoms. The number of halogens is 2. The first-order valence-electron chi connectivity index (χ1n) is 9.31. The fraction of sp³-hybridized carbons (Fsp3) is 0.333. The van der Waals surface area contributed by atoms with Crippen molar-refractivity contribution < 1.29 is 13.6 Å². The molecule has 0 radical (unpaired) electrons. The van der Waals surface area contributed by atoms with E-state index in [1.165, 1.54) is 0 Å². The Morgan fingerprint density at radius 2 is 1.89 bits per heavy atom. The minimum atomic E-state index is -0.900. The molecule has 0 bridgehead atoms. The van der Waals surface area contributed by atoms with Gasteiger partial charge in [-0.15, -0.1) is 0 Å². The van der Waals surface area contributed by atoms with E-state index < -0.39 is 17.5 Å². The van der Waals surface area contributed by atoms with E-state index in [1.54, 1.807) is 6.07 Å². The second kappa shape index (κ2) is 7.96. The molecular formula is C21H24F2N4O. The summed E-state index contributed by atoms with van der Waals surface area (Å²) in [7, 11) is 3.70. The van der Waals surface area contributed by atoms with Gasteiger partial charge >= 0.3 is 0 Å². The van der Waals surface area contributed by atoms with Crippen molar-refractivity contribution in [3.05, 3.63) is 53.4 Å². The molecule has 1 amide bonds. The van der Waals surface area contributed by atoms with Crippen molar-refractivity contribution in [3.63, 3.8) is 0 Å². The van der Waals surface area contributed by atoms with Gasteiger partial charge in [-0.25, -0.2) is 13.8 Å². The van der Waals surface area contributed by atoms with Crippen LogP contribution in [0.1, 0.15) is 48.8 Å². The van der Waals surface area contributed by atoms with E-state index in [0.717, 1.165) is 47.5 Å². The minimum absolute atomic E-state index is 0.214. The number of hydrogen-bond donors (Lipinski definition) is 2. The summed E-state index contributed by atoms with van der Waals surface area (Å²) in [6.07, 6.45) is 1.95. The number of nitrogens with one attached hydrogen (secondary N) is 2. The number of aromatic amines is 1. The largest absolute Gasteiger partial charge is 0.376 e. The number of aromatic nitrogens is 2. The zero-order valence-electron chi connectivity index (χ0n) is 16.4. The van der Waals surface area contributed by atoms with Gasteiger partial charge in [0.1, 0.15) is 17.5 Å². The lowest BCUT2D eigenvalue weighted by molar-refractivity contribution is 0.102. The van der Waals surface area contributed by atoms with Crippen LogP contribution in [0.15, 0.2) is 30.3 Å². The number of imidazole rings is 1. The molecule has 2 N–H and O–H groups in total. The summed E-state index contributed by atoms with van der Waals surface area (Å²) >= 11 is 0. The van der Waals surface area contributed by atoms with Gasteiger partial charge in [0.15, 0.2) is 0 Å². The van der Waals surface area contributed by atoms with Gasteiger partial charge in [-0.3, -0.25) is 4.79 Å². The fourth-order valence-electron chi connectivity index (χ4n) is 3.27. The lowest BCUT2D eigenvalue weighted by Crippen LogP contribution is -2.18. The van der Waals surface area contributed by atoms with Crippen LogP contribution in [0.2, 0.25) is 0 Å². The normalized spacial score (nSPS) is 11.2. The third-order valence-corrected chi connectivity index (χ3v) is 4.90. The summed E-state index contributed by atoms with van der Waals surface area (Å²) in [5.74, 6) is -1.02. The van der Waals surface area contributed by atoms with Crippen molar-refractivity contribution in [2.75, 3.05) is 24.3 Å². The standard InChI is InChI=1S/C21H24F2N4O/c1-5-12(6-2)20-24-16-10-18(19(27(3)4)11-17(16)25-20)26-21(28)14-8-7-13(22)9-15(14)23/h7-12H,5-6H2,1-4H3,(H,24,25)(H,26,28). The molecule has 148 valence electrons. The predicted octanol–water partition coefficient (Wildman–Crippen LogP) is 5.06. The Kier molecular flexibility index (Phi) is 5.63. The number of H-pyrrole nitrogens is 1. The molecule has 0 atom stereocenters. The van der Waals surface area contributed by atoms with Crippen LogP contribution in [-0.2, 0) is 0 Å². The predicted molar refractivity (Wildman–Crippen MR) is 108 cm³/mol. The number of hydrogen-bond acceptors (Lipinski definition) is 3. The highest BCUT2D eigenvalue weighted by atomic mass is 19.1. The van der Waals surface area contributed by atoms with Crippen molar-refractivity contribution in [2.24, 2.45) is 0 Å². The Labute approximate surface area is 162 Å². The highest BCUT2D eigenvalue weighted by Gasteiger charge is 2.18. The van der Waals surface area contributed by atoms with E-state index in [2.05, 4.69) is 24.1 Å². The zero-order valence-corrected chi connectivity index (χ0v) is 16.4. The van der Waals surface area contributed by atoms with Crippen LogP contribution in [0.5, 0.6) is 0 Å². The maximum absolute atomic E-state index is 14.0. The molecule has 0 aliphatic carbocycles. The van der Waals surface area contributed by atoms with Gasteiger partial charge in [-0.1, -0.05) is 13.8 Å². The molecule has 0 saturated carbocycles. The molecule has 0 fully saturated rings. The molecule has 1 heterocycles. The Hall–Kier alpha value is -2.96. The van der Waals surface area contributed by atoms with E-state index in [0.29, 0.717) is 17.7 Å². The van der Waals surface area contributed by atoms with Crippen molar-refractivity contribution in [1.29, 1.82) is 0 Å². The van der Waals surface area contributed by atoms with Crippen molar-refractivity contribution >= 4 is 28.3 Å². The summed E-state index contributed by atoms with van der Waals surface area (Å²) in [6, 6.07) is 6.57. The summed E-state index contributed by atoms with van der Waals surface area (Å²) < 4.78 is 27.1. The maximum Gasteiger partial charge on any atom is 0.258 e. The molecule has 0 unspecified atom stereocenters. The number of rotatable bonds is 6. The number of fused-ring (bicyclic) bond motifs is 1. The van der Waals surface area contributed by atoms with Crippen LogP contribution in [0.3, 0.4) is 0 Å². The first-order chi connectivity index (χ1) is 13.3. The Balaban J connectivity index is 2.01. The van der Waals surface area contributed by atoms with Crippen LogP contribution in [0.4, 0.5) is 20.2 Å². The number of benzene rings is 2. The number of anilines is 2. The second-order valence-electron chi connectivity index (χ2n) is 6.99. The summed E-state index contributed by atoms with van der Waals surface area (Å²) in [5.41, 5.74) is 2.64. The lowest BCUT2D eigenvalue weighted by atomic mass is 10.0. The molecule has 0 saturated heterocycles. The quantitative estimate of drug-likeness (QED) is 0.622. The minimum Gasteiger partial charge on any atom is -0.376 e. The zero-order chi connectivity index (χ0) is 20.4. The van der Waals surface area contributed by atoms with Crippen molar-refractivity contribution in [1.82, 2.24) is 9.97 Å². The van der Waals surface area contributed by atoms with E-state index in [4.69, 9.17) is 4.98 Å². The SMILES string of the molecule is CCC(CC)c1nc2cc(N(C)C)c(NC(=O)c3ccc(F)cc3F)cc2[nH]1. The summed E-state index contributed by atoms with van der Waals surface area (Å²) in [6.45, 7) is 4.24. The van der Waals surface area contributed by atoms with Gasteiger partial charge < -0.3 is 15.2 Å². The Morgan fingerprint density at radius 1 is 1.18 bits per heavy atom. The average Bonchev–Trinajstić information content (AvgIpc) is 3.04. The van der Waals surface area contributed by atoms with E-state index >= 15 is 0 Å². The van der Waals surface area contributed by atoms with Crippen molar-refractivity contribution in [2.45, 2.75) is 32.6 Å². The molecule has 3 rings (SSSR count). The number of nitrogens with zero attached hydrogens (tertiary/aromatic N) is 2. The monoisotopic (exact) mass is 386 g/mol. The first-order valence-corrected chi connectivity index (χ1v) is 9.31. The van der Waals surface area contributed by atoms with Crippen LogP contribution in [0, 0.1) is 11.6 Å². The third kappa shape index (κ3) is 3.83. The Bertz CT molecular complexity index is 1010. The number of amides is 1. The molecule has 5 nitrogen and oxygen atoms in total. The maximum atomic E-state index is 14.0. The number of carbonyl (C=O) groups excluding carboxylic acids is 1. The smallest absolute Gasteiger partial charge is 0.258 e. The van der Waals surface area contributed by atoms with Gasteiger partial charge in [-0.2, -0.15) is 0 Å². The van der Waals surface area contributed by atoms with Gasteiger partial charge in [0.05, 0.1) is 28.0 Å². The van der Waals surface area contributed by atoms with Crippen LogP contribution in [-0.4, -0.2) is 30.0 Å². The summed E-state index contributed by atoms with van der Waals surface area (Å²) in [4.78, 5) is 22.4. The molecular weight excluding hydrogens is 362 g/mol. The molecule has 0 spiro atoms. The average molecular weight is 386 g/mol. The topological polar surface area (TPSA) is 61.0 Å². The Morgan fingerprint density at radius 3 is 2.50 bits per heavy atom. The van der Waals surface area contributed by atoms with Gasteiger partial charge in [0.2, 0.25) is 0 Å². The van der Waals surface area contributed by atoms with Gasteiger partial charge in [-0.05, 0) is 37.1 Å². The van der Waals surface area contributed by atoms with Crippen LogP contribution >= 0.6 is 0 Å². The van der Waals surface area contributed by atoms with Crippen molar-refractivity contribution in [3.8, 4) is 0 Å². The molecule has 7 heteroatoms. The van der Waals surface area contributed by atoms with Crippen LogP contribution in [0.25, 0.3) is 11.0 Å². The first kappa shape index (κ1) is 19.8. The molecule has 0 aliphatic heterocycles. The fourth-order valence-corrected chi connectivity index (χ4v) is 3.27. The van der Waals surface area contributed by atoms with Gasteiger partial charge in [0.25, 0.3) is 5.91 Å². The molecule has 0 aliphatic rings. The van der Waals surface area contributed by atoms with E-state index in [-0.39, 0.29) is 5.56 Å². The molecule has 3 aromatic rings. The molecule has 1 aromatic heterocycles. The van der Waals surface area contributed by atoms with Gasteiger partial charge in [0, 0.05) is 26.1 Å². The second-order valence-corrected chi connectivity index (χ2v) is 6.99. The highest BCUT2D eigenvalue weighted by molar-refractivity contribution is 6.07. The van der Waals surface area contributed by atoms with E-state index in [1.807, 2.05) is 25.1 Å². The van der Waals surface area contributed by atoms with E-state index in [9.17, 15) is 13.6 Å². The highest BCUT2D eigenvalue weighted by Crippen LogP contribution is 2.32.